The minimum absolute atomic E-state index is 0.245. The lowest BCUT2D eigenvalue weighted by atomic mass is 10.1. The largest absolute Gasteiger partial charge is 0.478 e. The standard InChI is InChI=1S/C13H17ClO2S/c1-2-3-4-7-17-9-11-6-5-10(13(15)16)8-12(11)14/h5-6,8H,2-4,7,9H2,1H3,(H,15,16). The highest BCUT2D eigenvalue weighted by Gasteiger charge is 2.06. The van der Waals surface area contributed by atoms with Gasteiger partial charge in [-0.3, -0.25) is 0 Å². The van der Waals surface area contributed by atoms with Gasteiger partial charge in [0.15, 0.2) is 0 Å². The van der Waals surface area contributed by atoms with Crippen molar-refractivity contribution in [1.82, 2.24) is 0 Å². The number of halogens is 1. The number of carbonyl (C=O) groups is 1. The van der Waals surface area contributed by atoms with Gasteiger partial charge in [0.25, 0.3) is 0 Å². The van der Waals surface area contributed by atoms with Crippen LogP contribution in [0.5, 0.6) is 0 Å². The van der Waals surface area contributed by atoms with E-state index in [-0.39, 0.29) is 5.56 Å². The summed E-state index contributed by atoms with van der Waals surface area (Å²) in [7, 11) is 0. The molecule has 0 amide bonds. The lowest BCUT2D eigenvalue weighted by Crippen LogP contribution is -1.96. The number of hydrogen-bond donors (Lipinski definition) is 1. The summed E-state index contributed by atoms with van der Waals surface area (Å²) in [6, 6.07) is 4.93. The number of benzene rings is 1. The van der Waals surface area contributed by atoms with Gasteiger partial charge in [-0.15, -0.1) is 0 Å². The Morgan fingerprint density at radius 3 is 2.76 bits per heavy atom. The maximum absolute atomic E-state index is 10.7. The molecular formula is C13H17ClO2S. The van der Waals surface area contributed by atoms with E-state index in [4.69, 9.17) is 16.7 Å². The Hall–Kier alpha value is -0.670. The molecule has 0 saturated heterocycles. The first-order chi connectivity index (χ1) is 8.15. The fraction of sp³-hybridized carbons (Fsp3) is 0.462. The Morgan fingerprint density at radius 1 is 1.41 bits per heavy atom. The van der Waals surface area contributed by atoms with Gasteiger partial charge < -0.3 is 5.11 Å². The topological polar surface area (TPSA) is 37.3 Å². The highest BCUT2D eigenvalue weighted by atomic mass is 35.5. The van der Waals surface area contributed by atoms with Crippen LogP contribution in [0.3, 0.4) is 0 Å². The van der Waals surface area contributed by atoms with Crippen LogP contribution in [-0.4, -0.2) is 16.8 Å². The molecule has 0 aromatic heterocycles. The summed E-state index contributed by atoms with van der Waals surface area (Å²) >= 11 is 7.88. The molecule has 2 nitrogen and oxygen atoms in total. The Labute approximate surface area is 111 Å². The van der Waals surface area contributed by atoms with Crippen molar-refractivity contribution in [2.75, 3.05) is 5.75 Å². The predicted molar refractivity (Wildman–Crippen MR) is 74.1 cm³/mol. The highest BCUT2D eigenvalue weighted by Crippen LogP contribution is 2.23. The molecule has 1 rings (SSSR count). The van der Waals surface area contributed by atoms with Crippen LogP contribution in [0.25, 0.3) is 0 Å². The van der Waals surface area contributed by atoms with Gasteiger partial charge in [-0.25, -0.2) is 4.79 Å². The molecule has 0 radical (unpaired) electrons. The van der Waals surface area contributed by atoms with Gasteiger partial charge in [-0.1, -0.05) is 37.4 Å². The van der Waals surface area contributed by atoms with Crippen LogP contribution in [0.4, 0.5) is 0 Å². The third kappa shape index (κ3) is 5.00. The first kappa shape index (κ1) is 14.4. The van der Waals surface area contributed by atoms with E-state index < -0.39 is 5.97 Å². The summed E-state index contributed by atoms with van der Waals surface area (Å²) in [4.78, 5) is 10.7. The Balaban J connectivity index is 2.46. The molecule has 0 aliphatic rings. The number of hydrogen-bond acceptors (Lipinski definition) is 2. The van der Waals surface area contributed by atoms with Gasteiger partial charge in [0.05, 0.1) is 5.56 Å². The summed E-state index contributed by atoms with van der Waals surface area (Å²) in [5.41, 5.74) is 1.26. The number of carboxylic acids is 1. The molecule has 0 bridgehead atoms. The Morgan fingerprint density at radius 2 is 2.18 bits per heavy atom. The summed E-state index contributed by atoms with van der Waals surface area (Å²) in [6.45, 7) is 2.19. The Kier molecular flexibility index (Phi) is 6.45. The van der Waals surface area contributed by atoms with Crippen LogP contribution < -0.4 is 0 Å². The number of rotatable bonds is 7. The van der Waals surface area contributed by atoms with Gasteiger partial charge in [-0.05, 0) is 29.9 Å². The van der Waals surface area contributed by atoms with Crippen LogP contribution in [0, 0.1) is 0 Å². The van der Waals surface area contributed by atoms with Gasteiger partial charge in [0.2, 0.25) is 0 Å². The zero-order valence-corrected chi connectivity index (χ0v) is 11.5. The minimum atomic E-state index is -0.936. The fourth-order valence-electron chi connectivity index (χ4n) is 1.43. The van der Waals surface area contributed by atoms with Crippen molar-refractivity contribution in [2.24, 2.45) is 0 Å². The summed E-state index contributed by atoms with van der Waals surface area (Å²) in [6.07, 6.45) is 3.72. The smallest absolute Gasteiger partial charge is 0.335 e. The Bertz CT molecular complexity index is 380. The first-order valence-corrected chi connectivity index (χ1v) is 7.28. The maximum atomic E-state index is 10.7. The summed E-state index contributed by atoms with van der Waals surface area (Å²) in [5, 5.41) is 9.36. The fourth-order valence-corrected chi connectivity index (χ4v) is 2.78. The monoisotopic (exact) mass is 272 g/mol. The quantitative estimate of drug-likeness (QED) is 0.745. The average molecular weight is 273 g/mol. The van der Waals surface area contributed by atoms with Gasteiger partial charge >= 0.3 is 5.97 Å². The maximum Gasteiger partial charge on any atom is 0.335 e. The summed E-state index contributed by atoms with van der Waals surface area (Å²) in [5.74, 6) is 1.04. The second-order valence-electron chi connectivity index (χ2n) is 3.87. The molecule has 0 spiro atoms. The molecule has 17 heavy (non-hydrogen) atoms. The van der Waals surface area contributed by atoms with E-state index in [0.29, 0.717) is 5.02 Å². The van der Waals surface area contributed by atoms with Crippen molar-refractivity contribution in [3.63, 3.8) is 0 Å². The van der Waals surface area contributed by atoms with Crippen LogP contribution >= 0.6 is 23.4 Å². The minimum Gasteiger partial charge on any atom is -0.478 e. The predicted octanol–water partition coefficient (Wildman–Crippen LogP) is 4.46. The lowest BCUT2D eigenvalue weighted by Gasteiger charge is -2.05. The number of unbranched alkanes of at least 4 members (excludes halogenated alkanes) is 2. The van der Waals surface area contributed by atoms with Crippen molar-refractivity contribution in [2.45, 2.75) is 31.9 Å². The molecule has 1 aromatic rings. The van der Waals surface area contributed by atoms with E-state index in [0.717, 1.165) is 17.1 Å². The average Bonchev–Trinajstić information content (AvgIpc) is 2.30. The molecular weight excluding hydrogens is 256 g/mol. The van der Waals surface area contributed by atoms with Crippen LogP contribution in [0.1, 0.15) is 42.1 Å². The van der Waals surface area contributed by atoms with Crippen LogP contribution in [0.2, 0.25) is 5.02 Å². The SMILES string of the molecule is CCCCCSCc1ccc(C(=O)O)cc1Cl. The van der Waals surface area contributed by atoms with E-state index in [1.165, 1.54) is 25.3 Å². The van der Waals surface area contributed by atoms with Crippen molar-refractivity contribution < 1.29 is 9.90 Å². The molecule has 0 fully saturated rings. The highest BCUT2D eigenvalue weighted by molar-refractivity contribution is 7.98. The van der Waals surface area contributed by atoms with Crippen molar-refractivity contribution in [1.29, 1.82) is 0 Å². The summed E-state index contributed by atoms with van der Waals surface area (Å²) < 4.78 is 0. The molecule has 0 aliphatic heterocycles. The molecule has 0 heterocycles. The lowest BCUT2D eigenvalue weighted by molar-refractivity contribution is 0.0697. The van der Waals surface area contributed by atoms with Gasteiger partial charge in [-0.2, -0.15) is 11.8 Å². The van der Waals surface area contributed by atoms with Gasteiger partial charge in [0, 0.05) is 10.8 Å². The second kappa shape index (κ2) is 7.62. The number of thioether (sulfide) groups is 1. The second-order valence-corrected chi connectivity index (χ2v) is 5.38. The van der Waals surface area contributed by atoms with Crippen molar-refractivity contribution in [3.05, 3.63) is 34.3 Å². The molecule has 1 aromatic carbocycles. The van der Waals surface area contributed by atoms with Crippen LogP contribution in [0.15, 0.2) is 18.2 Å². The molecule has 0 unspecified atom stereocenters. The zero-order valence-electron chi connectivity index (χ0n) is 9.91. The van der Waals surface area contributed by atoms with E-state index in [1.807, 2.05) is 11.8 Å². The molecule has 0 aliphatic carbocycles. The van der Waals surface area contributed by atoms with E-state index >= 15 is 0 Å². The van der Waals surface area contributed by atoms with E-state index in [9.17, 15) is 4.79 Å². The van der Waals surface area contributed by atoms with Gasteiger partial charge in [0.1, 0.15) is 0 Å². The molecule has 94 valence electrons. The van der Waals surface area contributed by atoms with E-state index in [2.05, 4.69) is 6.92 Å². The van der Waals surface area contributed by atoms with Crippen molar-refractivity contribution in [3.8, 4) is 0 Å². The third-order valence-corrected chi connectivity index (χ3v) is 3.89. The third-order valence-electron chi connectivity index (χ3n) is 2.45. The normalized spacial score (nSPS) is 10.5. The molecule has 0 atom stereocenters. The van der Waals surface area contributed by atoms with E-state index in [1.54, 1.807) is 12.1 Å². The number of carboxylic acid groups (broad SMARTS) is 1. The van der Waals surface area contributed by atoms with Crippen molar-refractivity contribution >= 4 is 29.3 Å². The number of aromatic carboxylic acids is 1. The molecule has 1 N–H and O–H groups in total. The molecule has 4 heteroatoms. The first-order valence-electron chi connectivity index (χ1n) is 5.74. The van der Waals surface area contributed by atoms with Crippen LogP contribution in [-0.2, 0) is 5.75 Å². The zero-order chi connectivity index (χ0) is 12.7. The molecule has 0 saturated carbocycles.